The first-order valence-electron chi connectivity index (χ1n) is 7.44. The summed E-state index contributed by atoms with van der Waals surface area (Å²) < 4.78 is 2.21. The van der Waals surface area contributed by atoms with E-state index in [0.717, 1.165) is 48.4 Å². The number of benzene rings is 1. The third kappa shape index (κ3) is 2.46. The van der Waals surface area contributed by atoms with Crippen molar-refractivity contribution in [3.63, 3.8) is 0 Å². The highest BCUT2D eigenvalue weighted by Crippen LogP contribution is 2.33. The number of carbonyl (C=O) groups excluding carboxylic acids is 1. The van der Waals surface area contributed by atoms with Crippen LogP contribution in [0.5, 0.6) is 0 Å². The fourth-order valence-electron chi connectivity index (χ4n) is 3.20. The summed E-state index contributed by atoms with van der Waals surface area (Å²) >= 11 is 0. The molecule has 3 rings (SSSR count). The van der Waals surface area contributed by atoms with E-state index >= 15 is 0 Å². The number of amides is 1. The highest BCUT2D eigenvalue weighted by molar-refractivity contribution is 5.77. The quantitative estimate of drug-likeness (QED) is 0.811. The van der Waals surface area contributed by atoms with Crippen molar-refractivity contribution in [1.82, 2.24) is 14.5 Å². The van der Waals surface area contributed by atoms with Gasteiger partial charge in [-0.15, -0.1) is 0 Å². The van der Waals surface area contributed by atoms with Crippen LogP contribution in [-0.4, -0.2) is 26.9 Å². The molecule has 0 bridgehead atoms. The number of allylic oxidation sites excluding steroid dienone is 1. The van der Waals surface area contributed by atoms with Crippen molar-refractivity contribution in [2.45, 2.75) is 39.3 Å². The average molecular weight is 283 g/mol. The standard InChI is InChI=1S/C17H21N3O/c1-12(2)11-20-15-8-5-4-7-14(15)18-17(20)16-9-6-10-19(16)13(3)21/h4-5,7-8,16H,1,6,9-11H2,2-3H3/t16-/m1/s1. The molecule has 21 heavy (non-hydrogen) atoms. The summed E-state index contributed by atoms with van der Waals surface area (Å²) in [5, 5.41) is 0. The lowest BCUT2D eigenvalue weighted by molar-refractivity contribution is -0.129. The third-order valence-electron chi connectivity index (χ3n) is 4.07. The van der Waals surface area contributed by atoms with Crippen molar-refractivity contribution < 1.29 is 4.79 Å². The van der Waals surface area contributed by atoms with Gasteiger partial charge >= 0.3 is 0 Å². The predicted octanol–water partition coefficient (Wildman–Crippen LogP) is 3.30. The van der Waals surface area contributed by atoms with Gasteiger partial charge < -0.3 is 9.47 Å². The van der Waals surface area contributed by atoms with E-state index < -0.39 is 0 Å². The maximum Gasteiger partial charge on any atom is 0.220 e. The maximum atomic E-state index is 11.8. The zero-order valence-corrected chi connectivity index (χ0v) is 12.7. The van der Waals surface area contributed by atoms with Crippen LogP contribution in [0, 0.1) is 0 Å². The van der Waals surface area contributed by atoms with Crippen molar-refractivity contribution in [2.75, 3.05) is 6.54 Å². The largest absolute Gasteiger partial charge is 0.333 e. The molecule has 1 aliphatic rings. The molecule has 1 aliphatic heterocycles. The van der Waals surface area contributed by atoms with Crippen LogP contribution in [0.2, 0.25) is 0 Å². The second kappa shape index (κ2) is 5.35. The predicted molar refractivity (Wildman–Crippen MR) is 83.9 cm³/mol. The number of aromatic nitrogens is 2. The molecule has 0 saturated carbocycles. The van der Waals surface area contributed by atoms with Crippen LogP contribution in [0.15, 0.2) is 36.4 Å². The summed E-state index contributed by atoms with van der Waals surface area (Å²) in [6, 6.07) is 8.24. The van der Waals surface area contributed by atoms with E-state index in [9.17, 15) is 4.79 Å². The topological polar surface area (TPSA) is 38.1 Å². The Hall–Kier alpha value is -2.10. The zero-order valence-electron chi connectivity index (χ0n) is 12.7. The Bertz CT molecular complexity index is 701. The van der Waals surface area contributed by atoms with Crippen molar-refractivity contribution in [3.05, 3.63) is 42.2 Å². The van der Waals surface area contributed by atoms with E-state index in [1.54, 1.807) is 6.92 Å². The molecule has 1 atom stereocenters. The van der Waals surface area contributed by atoms with Gasteiger partial charge in [-0.1, -0.05) is 24.3 Å². The number of hydrogen-bond donors (Lipinski definition) is 0. The number of imidazole rings is 1. The smallest absolute Gasteiger partial charge is 0.220 e. The van der Waals surface area contributed by atoms with Gasteiger partial charge in [0.25, 0.3) is 0 Å². The van der Waals surface area contributed by atoms with Crippen LogP contribution >= 0.6 is 0 Å². The minimum atomic E-state index is 0.0919. The number of carbonyl (C=O) groups is 1. The summed E-state index contributed by atoms with van der Waals surface area (Å²) in [7, 11) is 0. The first-order chi connectivity index (χ1) is 10.1. The Morgan fingerprint density at radius 2 is 2.14 bits per heavy atom. The molecule has 0 unspecified atom stereocenters. The molecule has 4 heteroatoms. The van der Waals surface area contributed by atoms with E-state index in [1.165, 1.54) is 0 Å². The third-order valence-corrected chi connectivity index (χ3v) is 4.07. The fourth-order valence-corrected chi connectivity index (χ4v) is 3.20. The van der Waals surface area contributed by atoms with Crippen molar-refractivity contribution in [3.8, 4) is 0 Å². The van der Waals surface area contributed by atoms with Crippen molar-refractivity contribution >= 4 is 16.9 Å². The molecule has 1 aromatic heterocycles. The van der Waals surface area contributed by atoms with Gasteiger partial charge in [-0.05, 0) is 31.9 Å². The van der Waals surface area contributed by atoms with Crippen LogP contribution in [-0.2, 0) is 11.3 Å². The summed E-state index contributed by atoms with van der Waals surface area (Å²) in [4.78, 5) is 18.6. The number of hydrogen-bond acceptors (Lipinski definition) is 2. The molecule has 0 aliphatic carbocycles. The zero-order chi connectivity index (χ0) is 15.0. The molecule has 110 valence electrons. The Balaban J connectivity index is 2.12. The van der Waals surface area contributed by atoms with Gasteiger partial charge in [-0.2, -0.15) is 0 Å². The highest BCUT2D eigenvalue weighted by atomic mass is 16.2. The van der Waals surface area contributed by atoms with Crippen molar-refractivity contribution in [2.24, 2.45) is 0 Å². The van der Waals surface area contributed by atoms with E-state index in [-0.39, 0.29) is 11.9 Å². The van der Waals surface area contributed by atoms with Gasteiger partial charge in [0.05, 0.1) is 17.1 Å². The molecule has 4 nitrogen and oxygen atoms in total. The van der Waals surface area contributed by atoms with E-state index in [4.69, 9.17) is 4.98 Å². The molecular weight excluding hydrogens is 262 g/mol. The Labute approximate surface area is 125 Å². The molecule has 0 N–H and O–H groups in total. The lowest BCUT2D eigenvalue weighted by Crippen LogP contribution is -2.30. The number of fused-ring (bicyclic) bond motifs is 1. The normalized spacial score (nSPS) is 18.4. The maximum absolute atomic E-state index is 11.8. The lowest BCUT2D eigenvalue weighted by Gasteiger charge is -2.23. The van der Waals surface area contributed by atoms with Crippen molar-refractivity contribution in [1.29, 1.82) is 0 Å². The van der Waals surface area contributed by atoms with Crippen LogP contribution in [0.3, 0.4) is 0 Å². The minimum absolute atomic E-state index is 0.0919. The number of rotatable bonds is 3. The molecule has 1 amide bonds. The van der Waals surface area contributed by atoms with E-state index in [0.29, 0.717) is 0 Å². The second-order valence-corrected chi connectivity index (χ2v) is 5.87. The SMILES string of the molecule is C=C(C)Cn1c([C@H]2CCCN2C(C)=O)nc2ccccc21. The van der Waals surface area contributed by atoms with Gasteiger partial charge in [0.2, 0.25) is 5.91 Å². The minimum Gasteiger partial charge on any atom is -0.333 e. The molecule has 0 radical (unpaired) electrons. The van der Waals surface area contributed by atoms with Crippen LogP contribution in [0.1, 0.15) is 38.6 Å². The summed E-state index contributed by atoms with van der Waals surface area (Å²) in [6.07, 6.45) is 2.03. The van der Waals surface area contributed by atoms with Crippen LogP contribution in [0.25, 0.3) is 11.0 Å². The molecule has 0 spiro atoms. The van der Waals surface area contributed by atoms with Gasteiger partial charge in [-0.3, -0.25) is 4.79 Å². The first kappa shape index (κ1) is 13.9. The Morgan fingerprint density at radius 3 is 2.86 bits per heavy atom. The summed E-state index contributed by atoms with van der Waals surface area (Å²) in [5.74, 6) is 1.12. The monoisotopic (exact) mass is 283 g/mol. The Kier molecular flexibility index (Phi) is 3.53. The van der Waals surface area contributed by atoms with E-state index in [2.05, 4.69) is 17.2 Å². The summed E-state index contributed by atoms with van der Waals surface area (Å²) in [6.45, 7) is 9.27. The van der Waals surface area contributed by atoms with Gasteiger partial charge in [0.15, 0.2) is 0 Å². The molecule has 2 heterocycles. The highest BCUT2D eigenvalue weighted by Gasteiger charge is 2.31. The number of nitrogens with zero attached hydrogens (tertiary/aromatic N) is 3. The second-order valence-electron chi connectivity index (χ2n) is 5.87. The van der Waals surface area contributed by atoms with Gasteiger partial charge in [0.1, 0.15) is 5.82 Å². The van der Waals surface area contributed by atoms with Gasteiger partial charge in [0, 0.05) is 20.0 Å². The first-order valence-corrected chi connectivity index (χ1v) is 7.44. The molecule has 1 fully saturated rings. The van der Waals surface area contributed by atoms with Crippen LogP contribution < -0.4 is 0 Å². The van der Waals surface area contributed by atoms with Crippen LogP contribution in [0.4, 0.5) is 0 Å². The number of likely N-dealkylation sites (tertiary alicyclic amines) is 1. The van der Waals surface area contributed by atoms with E-state index in [1.807, 2.05) is 30.0 Å². The molecule has 2 aromatic rings. The molecule has 1 aromatic carbocycles. The fraction of sp³-hybridized carbons (Fsp3) is 0.412. The Morgan fingerprint density at radius 1 is 1.38 bits per heavy atom. The molecule has 1 saturated heterocycles. The van der Waals surface area contributed by atoms with Gasteiger partial charge in [-0.25, -0.2) is 4.98 Å². The average Bonchev–Trinajstić information content (AvgIpc) is 3.03. The summed E-state index contributed by atoms with van der Waals surface area (Å²) in [5.41, 5.74) is 3.20. The number of para-hydroxylation sites is 2. The molecular formula is C17H21N3O. The lowest BCUT2D eigenvalue weighted by atomic mass is 10.2.